The van der Waals surface area contributed by atoms with Crippen LogP contribution in [0.1, 0.15) is 16.1 Å². The normalized spacial score (nSPS) is 10.1. The number of aromatic carboxylic acids is 1. The molecule has 0 atom stereocenters. The molecule has 0 amide bonds. The molecule has 0 radical (unpaired) electrons. The summed E-state index contributed by atoms with van der Waals surface area (Å²) in [6, 6.07) is 4.64. The van der Waals surface area contributed by atoms with E-state index < -0.39 is 5.97 Å². The third kappa shape index (κ3) is 2.75. The van der Waals surface area contributed by atoms with Gasteiger partial charge < -0.3 is 15.2 Å². The van der Waals surface area contributed by atoms with Crippen LogP contribution in [-0.4, -0.2) is 27.8 Å². The van der Waals surface area contributed by atoms with Gasteiger partial charge >= 0.3 is 5.97 Å². The molecule has 94 valence electrons. The van der Waals surface area contributed by atoms with Crippen molar-refractivity contribution in [3.8, 4) is 5.75 Å². The monoisotopic (exact) mass is 265 g/mol. The lowest BCUT2D eigenvalue weighted by atomic mass is 10.2. The van der Waals surface area contributed by atoms with Gasteiger partial charge in [-0.15, -0.1) is 5.10 Å². The molecular weight excluding hydrogens is 254 g/mol. The Morgan fingerprint density at radius 2 is 2.39 bits per heavy atom. The predicted octanol–water partition coefficient (Wildman–Crippen LogP) is 1.86. The molecular formula is C11H11N3O3S. The maximum absolute atomic E-state index is 10.9. The molecule has 7 heteroatoms. The van der Waals surface area contributed by atoms with Gasteiger partial charge in [-0.3, -0.25) is 0 Å². The van der Waals surface area contributed by atoms with Gasteiger partial charge in [0.2, 0.25) is 0 Å². The molecule has 2 rings (SSSR count). The van der Waals surface area contributed by atoms with E-state index in [1.54, 1.807) is 6.07 Å². The zero-order valence-corrected chi connectivity index (χ0v) is 10.4. The molecule has 0 bridgehead atoms. The van der Waals surface area contributed by atoms with Crippen molar-refractivity contribution in [1.82, 2.24) is 9.59 Å². The number of benzene rings is 1. The van der Waals surface area contributed by atoms with E-state index in [0.29, 0.717) is 18.0 Å². The maximum Gasteiger partial charge on any atom is 0.335 e. The number of aromatic nitrogens is 2. The number of rotatable bonds is 5. The molecule has 0 aliphatic heterocycles. The summed E-state index contributed by atoms with van der Waals surface area (Å²) in [5, 5.41) is 17.7. The van der Waals surface area contributed by atoms with Crippen LogP contribution in [0.25, 0.3) is 0 Å². The number of nitrogens with one attached hydrogen (secondary N) is 1. The average Bonchev–Trinajstić information content (AvgIpc) is 2.89. The minimum atomic E-state index is -0.976. The van der Waals surface area contributed by atoms with Gasteiger partial charge in [0.25, 0.3) is 0 Å². The van der Waals surface area contributed by atoms with Gasteiger partial charge in [-0.2, -0.15) is 0 Å². The number of methoxy groups -OCH3 is 1. The molecule has 0 aliphatic rings. The molecule has 1 heterocycles. The second-order valence-corrected chi connectivity index (χ2v) is 4.08. The average molecular weight is 265 g/mol. The summed E-state index contributed by atoms with van der Waals surface area (Å²) in [6.07, 6.45) is 0. The van der Waals surface area contributed by atoms with Crippen LogP contribution in [-0.2, 0) is 6.54 Å². The van der Waals surface area contributed by atoms with Gasteiger partial charge in [0.05, 0.1) is 30.6 Å². The van der Waals surface area contributed by atoms with Crippen molar-refractivity contribution in [3.63, 3.8) is 0 Å². The largest absolute Gasteiger partial charge is 0.495 e. The Balaban J connectivity index is 2.18. The highest BCUT2D eigenvalue weighted by molar-refractivity contribution is 7.03. The molecule has 0 aliphatic carbocycles. The third-order valence-corrected chi connectivity index (χ3v) is 2.86. The van der Waals surface area contributed by atoms with Crippen LogP contribution in [0.4, 0.5) is 5.69 Å². The Morgan fingerprint density at radius 1 is 1.56 bits per heavy atom. The van der Waals surface area contributed by atoms with E-state index in [1.165, 1.54) is 30.8 Å². The van der Waals surface area contributed by atoms with Crippen molar-refractivity contribution in [2.24, 2.45) is 0 Å². The summed E-state index contributed by atoms with van der Waals surface area (Å²) < 4.78 is 8.91. The Labute approximate surface area is 107 Å². The van der Waals surface area contributed by atoms with E-state index in [9.17, 15) is 4.79 Å². The van der Waals surface area contributed by atoms with Crippen molar-refractivity contribution < 1.29 is 14.6 Å². The van der Waals surface area contributed by atoms with E-state index >= 15 is 0 Å². The fourth-order valence-electron chi connectivity index (χ4n) is 1.43. The van der Waals surface area contributed by atoms with E-state index in [2.05, 4.69) is 14.9 Å². The summed E-state index contributed by atoms with van der Waals surface area (Å²) in [7, 11) is 1.53. The number of hydrogen-bond acceptors (Lipinski definition) is 6. The van der Waals surface area contributed by atoms with Crippen molar-refractivity contribution in [2.45, 2.75) is 6.54 Å². The van der Waals surface area contributed by atoms with E-state index in [4.69, 9.17) is 9.84 Å². The molecule has 0 unspecified atom stereocenters. The number of anilines is 1. The minimum Gasteiger partial charge on any atom is -0.495 e. The lowest BCUT2D eigenvalue weighted by molar-refractivity contribution is 0.0697. The molecule has 2 aromatic rings. The molecule has 6 nitrogen and oxygen atoms in total. The van der Waals surface area contributed by atoms with Crippen LogP contribution in [0, 0.1) is 0 Å². The second kappa shape index (κ2) is 5.46. The van der Waals surface area contributed by atoms with Gasteiger partial charge in [0.15, 0.2) is 0 Å². The quantitative estimate of drug-likeness (QED) is 0.858. The van der Waals surface area contributed by atoms with E-state index in [-0.39, 0.29) is 5.56 Å². The molecule has 1 aromatic carbocycles. The van der Waals surface area contributed by atoms with Crippen LogP contribution in [0.3, 0.4) is 0 Å². The van der Waals surface area contributed by atoms with Gasteiger partial charge in [-0.25, -0.2) is 4.79 Å². The molecule has 0 saturated carbocycles. The summed E-state index contributed by atoms with van der Waals surface area (Å²) in [6.45, 7) is 0.468. The molecule has 0 fully saturated rings. The van der Waals surface area contributed by atoms with Crippen molar-refractivity contribution in [2.75, 3.05) is 12.4 Å². The van der Waals surface area contributed by atoms with E-state index in [1.807, 2.05) is 5.38 Å². The Hall–Kier alpha value is -2.15. The van der Waals surface area contributed by atoms with Crippen LogP contribution in [0.5, 0.6) is 5.75 Å². The van der Waals surface area contributed by atoms with Gasteiger partial charge in [-0.05, 0) is 29.7 Å². The number of carboxylic acids is 1. The maximum atomic E-state index is 10.9. The summed E-state index contributed by atoms with van der Waals surface area (Å²) in [4.78, 5) is 10.9. The third-order valence-electron chi connectivity index (χ3n) is 2.31. The first-order valence-electron chi connectivity index (χ1n) is 5.12. The molecule has 0 saturated heterocycles. The fourth-order valence-corrected chi connectivity index (χ4v) is 1.88. The first-order valence-corrected chi connectivity index (χ1v) is 5.95. The van der Waals surface area contributed by atoms with Crippen LogP contribution in [0.15, 0.2) is 23.6 Å². The van der Waals surface area contributed by atoms with Crippen LogP contribution >= 0.6 is 11.5 Å². The standard InChI is InChI=1S/C11H11N3O3S/c1-17-10-3-2-7(11(15)16)4-9(10)12-5-8-6-18-14-13-8/h2-4,6,12H,5H2,1H3,(H,15,16). The highest BCUT2D eigenvalue weighted by Crippen LogP contribution is 2.26. The molecule has 18 heavy (non-hydrogen) atoms. The van der Waals surface area contributed by atoms with Crippen molar-refractivity contribution in [1.29, 1.82) is 0 Å². The van der Waals surface area contributed by atoms with Crippen molar-refractivity contribution in [3.05, 3.63) is 34.8 Å². The number of hydrogen-bond donors (Lipinski definition) is 2. The number of ether oxygens (including phenoxy) is 1. The Bertz CT molecular complexity index is 542. The zero-order valence-electron chi connectivity index (χ0n) is 9.58. The SMILES string of the molecule is COc1ccc(C(=O)O)cc1NCc1csnn1. The van der Waals surface area contributed by atoms with Gasteiger partial charge in [-0.1, -0.05) is 4.49 Å². The predicted molar refractivity (Wildman–Crippen MR) is 67.2 cm³/mol. The highest BCUT2D eigenvalue weighted by atomic mass is 32.1. The summed E-state index contributed by atoms with van der Waals surface area (Å²) >= 11 is 1.27. The minimum absolute atomic E-state index is 0.203. The summed E-state index contributed by atoms with van der Waals surface area (Å²) in [5.41, 5.74) is 1.61. The highest BCUT2D eigenvalue weighted by Gasteiger charge is 2.09. The van der Waals surface area contributed by atoms with Crippen molar-refractivity contribution >= 4 is 23.2 Å². The number of carboxylic acid groups (broad SMARTS) is 1. The topological polar surface area (TPSA) is 84.3 Å². The molecule has 1 aromatic heterocycles. The smallest absolute Gasteiger partial charge is 0.335 e. The van der Waals surface area contributed by atoms with Crippen LogP contribution in [0.2, 0.25) is 0 Å². The van der Waals surface area contributed by atoms with Gasteiger partial charge in [0.1, 0.15) is 5.75 Å². The Kier molecular flexibility index (Phi) is 3.73. The lowest BCUT2D eigenvalue weighted by Crippen LogP contribution is -2.04. The fraction of sp³-hybridized carbons (Fsp3) is 0.182. The van der Waals surface area contributed by atoms with Crippen LogP contribution < -0.4 is 10.1 Å². The second-order valence-electron chi connectivity index (χ2n) is 3.47. The first kappa shape index (κ1) is 12.3. The summed E-state index contributed by atoms with van der Waals surface area (Å²) in [5.74, 6) is -0.390. The Morgan fingerprint density at radius 3 is 3.00 bits per heavy atom. The number of nitrogens with zero attached hydrogens (tertiary/aromatic N) is 2. The first-order chi connectivity index (χ1) is 8.70. The number of carbonyl (C=O) groups is 1. The lowest BCUT2D eigenvalue weighted by Gasteiger charge is -2.10. The zero-order chi connectivity index (χ0) is 13.0. The molecule has 0 spiro atoms. The molecule has 2 N–H and O–H groups in total. The van der Waals surface area contributed by atoms with Gasteiger partial charge in [0, 0.05) is 5.38 Å². The van der Waals surface area contributed by atoms with E-state index in [0.717, 1.165) is 5.69 Å².